The van der Waals surface area contributed by atoms with E-state index in [4.69, 9.17) is 16.3 Å². The summed E-state index contributed by atoms with van der Waals surface area (Å²) in [6.07, 6.45) is 0.358. The van der Waals surface area contributed by atoms with E-state index in [1.807, 2.05) is 0 Å². The minimum atomic E-state index is -3.14. The van der Waals surface area contributed by atoms with Crippen molar-refractivity contribution in [1.29, 1.82) is 0 Å². The Morgan fingerprint density at radius 3 is 2.30 bits per heavy atom. The minimum absolute atomic E-state index is 0.0370. The highest BCUT2D eigenvalue weighted by Gasteiger charge is 2.33. The molecule has 0 aromatic heterocycles. The molecule has 1 aliphatic heterocycles. The van der Waals surface area contributed by atoms with Crippen molar-refractivity contribution in [3.05, 3.63) is 70.2 Å². The second kappa shape index (κ2) is 8.97. The van der Waals surface area contributed by atoms with Crippen molar-refractivity contribution < 1.29 is 27.5 Å². The van der Waals surface area contributed by atoms with Gasteiger partial charge < -0.3 is 9.64 Å². The molecule has 7 nitrogen and oxygen atoms in total. The summed E-state index contributed by atoms with van der Waals surface area (Å²) in [5.41, 5.74) is 0.543. The smallest absolute Gasteiger partial charge is 0.339 e. The number of hydrogen-bond donors (Lipinski definition) is 0. The summed E-state index contributed by atoms with van der Waals surface area (Å²) in [4.78, 5) is 38.9. The zero-order valence-corrected chi connectivity index (χ0v) is 17.8. The summed E-state index contributed by atoms with van der Waals surface area (Å²) < 4.78 is 28.3. The molecule has 30 heavy (non-hydrogen) atoms. The van der Waals surface area contributed by atoms with Crippen molar-refractivity contribution in [2.24, 2.45) is 0 Å². The molecule has 1 aliphatic rings. The first-order valence-electron chi connectivity index (χ1n) is 9.20. The second-order valence-electron chi connectivity index (χ2n) is 7.02. The van der Waals surface area contributed by atoms with E-state index in [0.29, 0.717) is 17.0 Å². The number of rotatable bonds is 6. The number of ether oxygens (including phenoxy) is 1. The van der Waals surface area contributed by atoms with Crippen LogP contribution in [-0.4, -0.2) is 62.2 Å². The molecule has 0 saturated carbocycles. The van der Waals surface area contributed by atoms with Crippen LogP contribution < -0.4 is 0 Å². The van der Waals surface area contributed by atoms with Crippen LogP contribution in [0.4, 0.5) is 0 Å². The number of halogens is 1. The Kier molecular flexibility index (Phi) is 6.58. The molecule has 2 aromatic rings. The van der Waals surface area contributed by atoms with Crippen molar-refractivity contribution in [1.82, 2.24) is 4.90 Å². The van der Waals surface area contributed by atoms with E-state index in [9.17, 15) is 22.8 Å². The summed E-state index contributed by atoms with van der Waals surface area (Å²) in [6.45, 7) is -0.546. The first-order valence-corrected chi connectivity index (χ1v) is 11.4. The van der Waals surface area contributed by atoms with Gasteiger partial charge in [0, 0.05) is 29.2 Å². The SMILES string of the molecule is CN(C(=O)COC(=O)c1ccccc1C(=O)c1ccc(Cl)cc1)C1CCS(=O)(=O)C1. The van der Waals surface area contributed by atoms with Gasteiger partial charge >= 0.3 is 5.97 Å². The fraction of sp³-hybridized carbons (Fsp3) is 0.286. The van der Waals surface area contributed by atoms with Crippen LogP contribution in [-0.2, 0) is 19.4 Å². The van der Waals surface area contributed by atoms with E-state index in [0.717, 1.165) is 0 Å². The maximum atomic E-state index is 12.8. The van der Waals surface area contributed by atoms with Gasteiger partial charge in [-0.1, -0.05) is 29.8 Å². The maximum Gasteiger partial charge on any atom is 0.339 e. The molecule has 158 valence electrons. The Bertz CT molecular complexity index is 1080. The minimum Gasteiger partial charge on any atom is -0.452 e. The monoisotopic (exact) mass is 449 g/mol. The number of sulfone groups is 1. The van der Waals surface area contributed by atoms with Gasteiger partial charge in [0.2, 0.25) is 0 Å². The third-order valence-electron chi connectivity index (χ3n) is 4.97. The van der Waals surface area contributed by atoms with Crippen LogP contribution >= 0.6 is 11.6 Å². The second-order valence-corrected chi connectivity index (χ2v) is 9.68. The molecule has 0 radical (unpaired) electrons. The van der Waals surface area contributed by atoms with Gasteiger partial charge in [-0.05, 0) is 36.8 Å². The van der Waals surface area contributed by atoms with Crippen LogP contribution in [0.15, 0.2) is 48.5 Å². The molecule has 2 aromatic carbocycles. The highest BCUT2D eigenvalue weighted by Crippen LogP contribution is 2.19. The summed E-state index contributed by atoms with van der Waals surface area (Å²) in [5, 5.41) is 0.483. The fourth-order valence-corrected chi connectivity index (χ4v) is 5.11. The van der Waals surface area contributed by atoms with Gasteiger partial charge in [-0.25, -0.2) is 13.2 Å². The van der Waals surface area contributed by atoms with Crippen molar-refractivity contribution in [2.75, 3.05) is 25.2 Å². The quantitative estimate of drug-likeness (QED) is 0.496. The largest absolute Gasteiger partial charge is 0.452 e. The van der Waals surface area contributed by atoms with Crippen LogP contribution in [0, 0.1) is 0 Å². The average Bonchev–Trinajstić information content (AvgIpc) is 3.10. The van der Waals surface area contributed by atoms with E-state index in [2.05, 4.69) is 0 Å². The van der Waals surface area contributed by atoms with E-state index in [-0.39, 0.29) is 28.4 Å². The molecular weight excluding hydrogens is 430 g/mol. The number of likely N-dealkylation sites (N-methyl/N-ethyl adjacent to an activating group) is 1. The van der Waals surface area contributed by atoms with E-state index in [1.54, 1.807) is 36.4 Å². The van der Waals surface area contributed by atoms with Gasteiger partial charge in [0.25, 0.3) is 5.91 Å². The van der Waals surface area contributed by atoms with E-state index < -0.39 is 34.4 Å². The first kappa shape index (κ1) is 22.0. The molecule has 1 fully saturated rings. The van der Waals surface area contributed by atoms with Gasteiger partial charge in [-0.15, -0.1) is 0 Å². The normalized spacial score (nSPS) is 17.3. The number of carbonyl (C=O) groups is 3. The zero-order chi connectivity index (χ0) is 21.9. The van der Waals surface area contributed by atoms with E-state index in [1.165, 1.54) is 24.1 Å². The molecule has 1 amide bonds. The highest BCUT2D eigenvalue weighted by molar-refractivity contribution is 7.91. The van der Waals surface area contributed by atoms with Gasteiger partial charge in [-0.3, -0.25) is 9.59 Å². The Hall–Kier alpha value is -2.71. The Morgan fingerprint density at radius 1 is 1.07 bits per heavy atom. The lowest BCUT2D eigenvalue weighted by molar-refractivity contribution is -0.134. The first-order chi connectivity index (χ1) is 14.2. The molecule has 1 atom stereocenters. The van der Waals surface area contributed by atoms with E-state index >= 15 is 0 Å². The average molecular weight is 450 g/mol. The summed E-state index contributed by atoms with van der Waals surface area (Å²) in [5.74, 6) is -1.75. The number of benzene rings is 2. The Morgan fingerprint density at radius 2 is 1.70 bits per heavy atom. The summed E-state index contributed by atoms with van der Waals surface area (Å²) in [6, 6.07) is 12.0. The molecule has 0 spiro atoms. The van der Waals surface area contributed by atoms with Crippen LogP contribution in [0.2, 0.25) is 5.02 Å². The lowest BCUT2D eigenvalue weighted by Gasteiger charge is -2.23. The molecular formula is C21H20ClNO6S. The molecule has 3 rings (SSSR count). The number of amides is 1. The predicted octanol–water partition coefficient (Wildman–Crippen LogP) is 2.37. The van der Waals surface area contributed by atoms with Crippen LogP contribution in [0.1, 0.15) is 32.7 Å². The van der Waals surface area contributed by atoms with Gasteiger partial charge in [0.15, 0.2) is 22.2 Å². The zero-order valence-electron chi connectivity index (χ0n) is 16.2. The summed E-state index contributed by atoms with van der Waals surface area (Å²) >= 11 is 5.85. The molecule has 1 saturated heterocycles. The maximum absolute atomic E-state index is 12.8. The molecule has 1 heterocycles. The number of esters is 1. The number of ketones is 1. The Labute approximate surface area is 179 Å². The van der Waals surface area contributed by atoms with Gasteiger partial charge in [0.05, 0.1) is 17.1 Å². The lowest BCUT2D eigenvalue weighted by atomic mass is 9.98. The third kappa shape index (κ3) is 5.06. The Balaban J connectivity index is 1.68. The molecule has 1 unspecified atom stereocenters. The standard InChI is InChI=1S/C21H20ClNO6S/c1-23(16-10-11-30(27,28)13-16)19(24)12-29-21(26)18-5-3-2-4-17(18)20(25)14-6-8-15(22)9-7-14/h2-9,16H,10-13H2,1H3. The summed E-state index contributed by atoms with van der Waals surface area (Å²) in [7, 11) is -1.65. The molecule has 0 aliphatic carbocycles. The van der Waals surface area contributed by atoms with Crippen LogP contribution in [0.3, 0.4) is 0 Å². The number of hydrogen-bond acceptors (Lipinski definition) is 6. The fourth-order valence-electron chi connectivity index (χ4n) is 3.21. The lowest BCUT2D eigenvalue weighted by Crippen LogP contribution is -2.40. The molecule has 9 heteroatoms. The number of carbonyl (C=O) groups excluding carboxylic acids is 3. The van der Waals surface area contributed by atoms with Crippen LogP contribution in [0.5, 0.6) is 0 Å². The van der Waals surface area contributed by atoms with Crippen molar-refractivity contribution in [3.63, 3.8) is 0 Å². The van der Waals surface area contributed by atoms with Crippen molar-refractivity contribution >= 4 is 39.1 Å². The highest BCUT2D eigenvalue weighted by atomic mass is 35.5. The topological polar surface area (TPSA) is 97.8 Å². The van der Waals surface area contributed by atoms with Gasteiger partial charge in [0.1, 0.15) is 0 Å². The third-order valence-corrected chi connectivity index (χ3v) is 6.98. The van der Waals surface area contributed by atoms with Crippen molar-refractivity contribution in [3.8, 4) is 0 Å². The van der Waals surface area contributed by atoms with Crippen LogP contribution in [0.25, 0.3) is 0 Å². The van der Waals surface area contributed by atoms with Gasteiger partial charge in [-0.2, -0.15) is 0 Å². The molecule has 0 bridgehead atoms. The van der Waals surface area contributed by atoms with Crippen molar-refractivity contribution in [2.45, 2.75) is 12.5 Å². The predicted molar refractivity (Wildman–Crippen MR) is 111 cm³/mol. The molecule has 0 N–H and O–H groups in total. The number of nitrogens with zero attached hydrogens (tertiary/aromatic N) is 1.